The first-order valence-corrected chi connectivity index (χ1v) is 9.01. The molecule has 0 radical (unpaired) electrons. The molecule has 0 aliphatic heterocycles. The lowest BCUT2D eigenvalue weighted by molar-refractivity contribution is 0.432. The molecule has 3 nitrogen and oxygen atoms in total. The number of phenols is 1. The number of hydrogen-bond donors (Lipinski definition) is 2. The maximum Gasteiger partial charge on any atom is 0.123 e. The van der Waals surface area contributed by atoms with Crippen molar-refractivity contribution in [1.29, 1.82) is 0 Å². The van der Waals surface area contributed by atoms with Crippen LogP contribution in [-0.2, 0) is 17.4 Å². The molecule has 0 saturated carbocycles. The average Bonchev–Trinajstić information content (AvgIpc) is 2.52. The Bertz CT molecular complexity index is 709. The van der Waals surface area contributed by atoms with Crippen molar-refractivity contribution in [2.45, 2.75) is 71.9 Å². The van der Waals surface area contributed by atoms with Crippen molar-refractivity contribution < 1.29 is 5.11 Å². The Kier molecular flexibility index (Phi) is 5.58. The van der Waals surface area contributed by atoms with Crippen molar-refractivity contribution in [2.75, 3.05) is 0 Å². The van der Waals surface area contributed by atoms with Gasteiger partial charge in [-0.15, -0.1) is 0 Å². The Balaban J connectivity index is 2.33. The summed E-state index contributed by atoms with van der Waals surface area (Å²) >= 11 is 0. The smallest absolute Gasteiger partial charge is 0.123 e. The third kappa shape index (κ3) is 4.82. The second-order valence-electron chi connectivity index (χ2n) is 8.89. The highest BCUT2D eigenvalue weighted by molar-refractivity contribution is 5.48. The molecule has 136 valence electrons. The fourth-order valence-corrected chi connectivity index (χ4v) is 2.83. The molecule has 2 N–H and O–H groups in total. The zero-order valence-electron chi connectivity index (χ0n) is 16.6. The largest absolute Gasteiger partial charge is 0.507 e. The lowest BCUT2D eigenvalue weighted by Gasteiger charge is -2.28. The van der Waals surface area contributed by atoms with Crippen LogP contribution in [-0.4, -0.2) is 10.1 Å². The van der Waals surface area contributed by atoms with Gasteiger partial charge in [-0.25, -0.2) is 0 Å². The van der Waals surface area contributed by atoms with E-state index < -0.39 is 0 Å². The Labute approximate surface area is 152 Å². The normalized spacial score (nSPS) is 13.7. The average molecular weight is 341 g/mol. The van der Waals surface area contributed by atoms with Gasteiger partial charge in [0.05, 0.1) is 5.69 Å². The highest BCUT2D eigenvalue weighted by atomic mass is 16.3. The van der Waals surface area contributed by atoms with E-state index in [0.717, 1.165) is 16.8 Å². The Hall–Kier alpha value is -1.87. The first-order chi connectivity index (χ1) is 11.5. The molecule has 1 aromatic heterocycles. The number of nitrogens with one attached hydrogen (secondary N) is 1. The number of rotatable bonds is 4. The lowest BCUT2D eigenvalue weighted by Crippen LogP contribution is -2.22. The van der Waals surface area contributed by atoms with E-state index in [4.69, 9.17) is 0 Å². The van der Waals surface area contributed by atoms with E-state index >= 15 is 0 Å². The minimum atomic E-state index is -0.104. The van der Waals surface area contributed by atoms with Crippen LogP contribution in [0.5, 0.6) is 5.75 Å². The van der Waals surface area contributed by atoms with Gasteiger partial charge in [0.2, 0.25) is 0 Å². The fraction of sp³-hybridized carbons (Fsp3) is 0.500. The van der Waals surface area contributed by atoms with Gasteiger partial charge in [0.15, 0.2) is 0 Å². The number of nitrogens with zero attached hydrogens (tertiary/aromatic N) is 1. The van der Waals surface area contributed by atoms with E-state index in [1.807, 2.05) is 24.4 Å². The maximum atomic E-state index is 10.8. The molecule has 2 rings (SSSR count). The minimum Gasteiger partial charge on any atom is -0.507 e. The van der Waals surface area contributed by atoms with Gasteiger partial charge in [-0.2, -0.15) is 0 Å². The topological polar surface area (TPSA) is 45.1 Å². The summed E-state index contributed by atoms with van der Waals surface area (Å²) in [5.74, 6) is 0.404. The molecular formula is C22H32N2O. The summed E-state index contributed by atoms with van der Waals surface area (Å²) in [6, 6.07) is 10.3. The van der Waals surface area contributed by atoms with Gasteiger partial charge in [-0.05, 0) is 41.0 Å². The summed E-state index contributed by atoms with van der Waals surface area (Å²) in [4.78, 5) is 4.40. The maximum absolute atomic E-state index is 10.8. The molecule has 0 bridgehead atoms. The number of aromatic nitrogens is 1. The van der Waals surface area contributed by atoms with Crippen molar-refractivity contribution in [3.63, 3.8) is 0 Å². The molecule has 0 amide bonds. The number of benzene rings is 1. The first kappa shape index (κ1) is 19.5. The molecule has 0 saturated heterocycles. The van der Waals surface area contributed by atoms with E-state index in [1.54, 1.807) is 0 Å². The molecule has 3 heteroatoms. The van der Waals surface area contributed by atoms with Gasteiger partial charge < -0.3 is 10.4 Å². The highest BCUT2D eigenvalue weighted by Crippen LogP contribution is 2.37. The second-order valence-corrected chi connectivity index (χ2v) is 8.89. The van der Waals surface area contributed by atoms with Crippen LogP contribution < -0.4 is 5.32 Å². The number of phenolic OH excluding ortho intramolecular Hbond substituents is 1. The molecule has 25 heavy (non-hydrogen) atoms. The number of aromatic hydroxyl groups is 1. The van der Waals surface area contributed by atoms with Crippen LogP contribution in [0.4, 0.5) is 0 Å². The summed E-state index contributed by atoms with van der Waals surface area (Å²) in [7, 11) is 0. The summed E-state index contributed by atoms with van der Waals surface area (Å²) in [6.45, 7) is 15.7. The van der Waals surface area contributed by atoms with Gasteiger partial charge in [0.25, 0.3) is 0 Å². The summed E-state index contributed by atoms with van der Waals surface area (Å²) in [5, 5.41) is 14.3. The molecule has 1 atom stereocenters. The van der Waals surface area contributed by atoms with Gasteiger partial charge in [0, 0.05) is 24.3 Å². The molecule has 0 spiro atoms. The first-order valence-electron chi connectivity index (χ1n) is 9.01. The Morgan fingerprint density at radius 1 is 1.04 bits per heavy atom. The third-order valence-electron chi connectivity index (χ3n) is 4.59. The van der Waals surface area contributed by atoms with Crippen LogP contribution in [0.2, 0.25) is 0 Å². The lowest BCUT2D eigenvalue weighted by atomic mass is 9.79. The molecule has 0 aliphatic rings. The van der Waals surface area contributed by atoms with Crippen molar-refractivity contribution in [1.82, 2.24) is 10.3 Å². The van der Waals surface area contributed by atoms with Gasteiger partial charge in [-0.3, -0.25) is 4.98 Å². The molecule has 0 fully saturated rings. The zero-order valence-corrected chi connectivity index (χ0v) is 16.6. The summed E-state index contributed by atoms with van der Waals surface area (Å²) < 4.78 is 0. The van der Waals surface area contributed by atoms with E-state index in [-0.39, 0.29) is 16.9 Å². The van der Waals surface area contributed by atoms with E-state index in [2.05, 4.69) is 70.9 Å². The molecular weight excluding hydrogens is 308 g/mol. The van der Waals surface area contributed by atoms with Crippen LogP contribution in [0.25, 0.3) is 0 Å². The minimum absolute atomic E-state index is 0.0368. The van der Waals surface area contributed by atoms with Crippen molar-refractivity contribution >= 4 is 0 Å². The molecule has 0 aliphatic carbocycles. The van der Waals surface area contributed by atoms with Crippen LogP contribution in [0.3, 0.4) is 0 Å². The molecule has 1 unspecified atom stereocenters. The number of pyridine rings is 1. The van der Waals surface area contributed by atoms with Gasteiger partial charge in [0.1, 0.15) is 5.75 Å². The van der Waals surface area contributed by atoms with Crippen LogP contribution in [0.15, 0.2) is 36.5 Å². The standard InChI is InChI=1S/C22H32N2O/c1-15(19-10-8-9-11-23-19)24-14-16-12-17(21(2,3)4)13-18(20(16)25)22(5,6)7/h8-13,15,24-25H,14H2,1-7H3. The SMILES string of the molecule is CC(NCc1cc(C(C)(C)C)cc(C(C)(C)C)c1O)c1ccccn1. The predicted molar refractivity (Wildman–Crippen MR) is 105 cm³/mol. The summed E-state index contributed by atoms with van der Waals surface area (Å²) in [5.41, 5.74) is 4.13. The van der Waals surface area contributed by atoms with E-state index in [0.29, 0.717) is 12.3 Å². The quantitative estimate of drug-likeness (QED) is 0.800. The van der Waals surface area contributed by atoms with Gasteiger partial charge >= 0.3 is 0 Å². The highest BCUT2D eigenvalue weighted by Gasteiger charge is 2.25. The zero-order chi connectivity index (χ0) is 18.8. The van der Waals surface area contributed by atoms with Crippen LogP contribution in [0.1, 0.15) is 76.9 Å². The fourth-order valence-electron chi connectivity index (χ4n) is 2.83. The third-order valence-corrected chi connectivity index (χ3v) is 4.59. The van der Waals surface area contributed by atoms with Crippen LogP contribution in [0, 0.1) is 0 Å². The number of hydrogen-bond acceptors (Lipinski definition) is 3. The Morgan fingerprint density at radius 3 is 2.24 bits per heavy atom. The summed E-state index contributed by atoms with van der Waals surface area (Å²) in [6.07, 6.45) is 1.81. The molecule has 1 heterocycles. The Morgan fingerprint density at radius 2 is 1.72 bits per heavy atom. The van der Waals surface area contributed by atoms with Crippen molar-refractivity contribution in [3.8, 4) is 5.75 Å². The monoisotopic (exact) mass is 340 g/mol. The van der Waals surface area contributed by atoms with Crippen LogP contribution >= 0.6 is 0 Å². The van der Waals surface area contributed by atoms with Gasteiger partial charge in [-0.1, -0.05) is 59.7 Å². The van der Waals surface area contributed by atoms with E-state index in [9.17, 15) is 5.11 Å². The molecule has 2 aromatic rings. The predicted octanol–water partition coefficient (Wildman–Crippen LogP) is 5.23. The van der Waals surface area contributed by atoms with Crippen molar-refractivity contribution in [2.24, 2.45) is 0 Å². The molecule has 1 aromatic carbocycles. The second kappa shape index (κ2) is 7.17. The van der Waals surface area contributed by atoms with E-state index in [1.165, 1.54) is 5.56 Å². The van der Waals surface area contributed by atoms with Crippen molar-refractivity contribution in [3.05, 3.63) is 58.9 Å².